The Hall–Kier alpha value is -1.36. The van der Waals surface area contributed by atoms with Gasteiger partial charge in [0.2, 0.25) is 0 Å². The Balaban J connectivity index is 0.00000144. The van der Waals surface area contributed by atoms with E-state index in [0.717, 1.165) is 42.7 Å². The van der Waals surface area contributed by atoms with E-state index in [-0.39, 0.29) is 12.4 Å². The molecule has 4 nitrogen and oxygen atoms in total. The van der Waals surface area contributed by atoms with Crippen molar-refractivity contribution in [3.8, 4) is 11.3 Å². The van der Waals surface area contributed by atoms with Gasteiger partial charge in [-0.25, -0.2) is 0 Å². The Bertz CT molecular complexity index is 601. The lowest BCUT2D eigenvalue weighted by Crippen LogP contribution is -2.34. The third-order valence-corrected chi connectivity index (χ3v) is 4.62. The first-order valence-electron chi connectivity index (χ1n) is 7.86. The number of likely N-dealkylation sites (tertiary alicyclic amines) is 1. The molecule has 3 heterocycles. The number of nitrogens with one attached hydrogen (secondary N) is 1. The van der Waals surface area contributed by atoms with Crippen molar-refractivity contribution in [2.75, 3.05) is 13.1 Å². The average Bonchev–Trinajstić information content (AvgIpc) is 3.09. The lowest BCUT2D eigenvalue weighted by atomic mass is 10.1. The number of hydrogen-bond acceptors (Lipinski definition) is 4. The molecule has 4 rings (SSSR count). The van der Waals surface area contributed by atoms with Gasteiger partial charge < -0.3 is 9.84 Å². The van der Waals surface area contributed by atoms with Gasteiger partial charge in [-0.15, -0.1) is 12.4 Å². The fourth-order valence-electron chi connectivity index (χ4n) is 3.51. The van der Waals surface area contributed by atoms with Crippen LogP contribution in [0, 0.1) is 0 Å². The molecular weight excluding hydrogens is 298 g/mol. The van der Waals surface area contributed by atoms with Gasteiger partial charge in [0, 0.05) is 36.8 Å². The molecule has 2 saturated heterocycles. The van der Waals surface area contributed by atoms with Crippen molar-refractivity contribution >= 4 is 12.4 Å². The van der Waals surface area contributed by atoms with Gasteiger partial charge in [0.05, 0.1) is 6.54 Å². The van der Waals surface area contributed by atoms with Crippen LogP contribution in [0.15, 0.2) is 40.9 Å². The highest BCUT2D eigenvalue weighted by atomic mass is 35.5. The molecule has 2 aliphatic rings. The van der Waals surface area contributed by atoms with Crippen LogP contribution in [0.1, 0.15) is 25.0 Å². The van der Waals surface area contributed by atoms with E-state index in [1.807, 2.05) is 18.2 Å². The molecule has 0 radical (unpaired) electrons. The number of nitrogens with zero attached hydrogens (tertiary/aromatic N) is 2. The Morgan fingerprint density at radius 2 is 1.95 bits per heavy atom. The van der Waals surface area contributed by atoms with Crippen LogP contribution in [0.4, 0.5) is 0 Å². The van der Waals surface area contributed by atoms with Crippen molar-refractivity contribution in [2.24, 2.45) is 0 Å². The largest absolute Gasteiger partial charge is 0.359 e. The van der Waals surface area contributed by atoms with E-state index in [4.69, 9.17) is 4.52 Å². The Kier molecular flexibility index (Phi) is 4.81. The number of halogens is 1. The summed E-state index contributed by atoms with van der Waals surface area (Å²) in [5, 5.41) is 7.92. The normalized spacial score (nSPS) is 24.7. The summed E-state index contributed by atoms with van der Waals surface area (Å²) in [6.45, 7) is 3.14. The van der Waals surface area contributed by atoms with E-state index in [1.165, 1.54) is 19.3 Å². The zero-order valence-electron chi connectivity index (χ0n) is 12.6. The van der Waals surface area contributed by atoms with Crippen molar-refractivity contribution in [1.82, 2.24) is 15.4 Å². The zero-order chi connectivity index (χ0) is 14.1. The summed E-state index contributed by atoms with van der Waals surface area (Å²) >= 11 is 0. The predicted octanol–water partition coefficient (Wildman–Crippen LogP) is 3.09. The fraction of sp³-hybridized carbons (Fsp3) is 0.471. The second kappa shape index (κ2) is 6.82. The number of aromatic nitrogens is 1. The molecule has 1 aromatic carbocycles. The average molecular weight is 320 g/mol. The molecule has 1 N–H and O–H groups in total. The van der Waals surface area contributed by atoms with E-state index >= 15 is 0 Å². The first kappa shape index (κ1) is 15.5. The summed E-state index contributed by atoms with van der Waals surface area (Å²) < 4.78 is 5.53. The van der Waals surface area contributed by atoms with Gasteiger partial charge in [-0.05, 0) is 19.3 Å². The van der Waals surface area contributed by atoms with Gasteiger partial charge in [0.25, 0.3) is 0 Å². The number of fused-ring (bicyclic) bond motifs is 2. The quantitative estimate of drug-likeness (QED) is 0.944. The molecule has 2 fully saturated rings. The minimum atomic E-state index is 0. The number of benzene rings is 1. The molecule has 0 saturated carbocycles. The minimum absolute atomic E-state index is 0. The first-order valence-corrected chi connectivity index (χ1v) is 7.86. The number of rotatable bonds is 3. The predicted molar refractivity (Wildman–Crippen MR) is 89.0 cm³/mol. The molecule has 2 atom stereocenters. The highest BCUT2D eigenvalue weighted by Crippen LogP contribution is 2.23. The molecule has 0 aliphatic carbocycles. The van der Waals surface area contributed by atoms with Gasteiger partial charge in [-0.3, -0.25) is 4.90 Å². The van der Waals surface area contributed by atoms with E-state index in [1.54, 1.807) is 0 Å². The van der Waals surface area contributed by atoms with Crippen molar-refractivity contribution in [1.29, 1.82) is 0 Å². The molecule has 2 unspecified atom stereocenters. The molecule has 22 heavy (non-hydrogen) atoms. The first-order chi connectivity index (χ1) is 10.4. The van der Waals surface area contributed by atoms with Gasteiger partial charge >= 0.3 is 0 Å². The Morgan fingerprint density at radius 3 is 2.82 bits per heavy atom. The summed E-state index contributed by atoms with van der Waals surface area (Å²) in [7, 11) is 0. The van der Waals surface area contributed by atoms with Crippen LogP contribution in [0.3, 0.4) is 0 Å². The van der Waals surface area contributed by atoms with Crippen LogP contribution in [0.25, 0.3) is 11.3 Å². The van der Waals surface area contributed by atoms with Crippen molar-refractivity contribution < 1.29 is 4.52 Å². The summed E-state index contributed by atoms with van der Waals surface area (Å²) in [5.41, 5.74) is 2.05. The van der Waals surface area contributed by atoms with Crippen LogP contribution in [-0.4, -0.2) is 35.2 Å². The zero-order valence-corrected chi connectivity index (χ0v) is 13.4. The molecule has 118 valence electrons. The molecule has 0 spiro atoms. The second-order valence-electron chi connectivity index (χ2n) is 6.21. The van der Waals surface area contributed by atoms with E-state index in [9.17, 15) is 0 Å². The van der Waals surface area contributed by atoms with E-state index in [2.05, 4.69) is 33.6 Å². The maximum Gasteiger partial charge on any atom is 0.151 e. The highest BCUT2D eigenvalue weighted by Gasteiger charge is 2.29. The summed E-state index contributed by atoms with van der Waals surface area (Å²) in [6, 6.07) is 13.7. The number of hydrogen-bond donors (Lipinski definition) is 1. The smallest absolute Gasteiger partial charge is 0.151 e. The van der Waals surface area contributed by atoms with Gasteiger partial charge in [-0.2, -0.15) is 0 Å². The fourth-order valence-corrected chi connectivity index (χ4v) is 3.51. The van der Waals surface area contributed by atoms with Crippen LogP contribution in [0.5, 0.6) is 0 Å². The SMILES string of the molecule is Cl.c1ccc(-c2cc(CN3CCC4CCC(C3)N4)on2)cc1. The molecule has 2 aliphatic heterocycles. The van der Waals surface area contributed by atoms with Crippen LogP contribution in [-0.2, 0) is 6.54 Å². The lowest BCUT2D eigenvalue weighted by molar-refractivity contribution is 0.221. The summed E-state index contributed by atoms with van der Waals surface area (Å²) in [4.78, 5) is 2.49. The standard InChI is InChI=1S/C17H21N3O.ClH/c1-2-4-13(5-3-1)17-10-16(21-19-17)12-20-9-8-14-6-7-15(11-20)18-14;/h1-5,10,14-15,18H,6-9,11-12H2;1H. The monoisotopic (exact) mass is 319 g/mol. The van der Waals surface area contributed by atoms with Crippen molar-refractivity contribution in [2.45, 2.75) is 37.9 Å². The van der Waals surface area contributed by atoms with Gasteiger partial charge in [0.1, 0.15) is 5.69 Å². The van der Waals surface area contributed by atoms with Gasteiger partial charge in [0.15, 0.2) is 5.76 Å². The Labute approximate surface area is 137 Å². The van der Waals surface area contributed by atoms with Crippen LogP contribution in [0.2, 0.25) is 0 Å². The van der Waals surface area contributed by atoms with E-state index in [0.29, 0.717) is 6.04 Å². The van der Waals surface area contributed by atoms with Crippen LogP contribution >= 0.6 is 12.4 Å². The summed E-state index contributed by atoms with van der Waals surface area (Å²) in [5.74, 6) is 0.964. The maximum atomic E-state index is 5.53. The Morgan fingerprint density at radius 1 is 1.14 bits per heavy atom. The maximum absolute atomic E-state index is 5.53. The third-order valence-electron chi connectivity index (χ3n) is 4.62. The molecule has 0 amide bonds. The van der Waals surface area contributed by atoms with Crippen molar-refractivity contribution in [3.05, 3.63) is 42.2 Å². The molecule has 2 aromatic rings. The molecule has 1 aromatic heterocycles. The molecule has 5 heteroatoms. The highest BCUT2D eigenvalue weighted by molar-refractivity contribution is 5.85. The minimum Gasteiger partial charge on any atom is -0.359 e. The lowest BCUT2D eigenvalue weighted by Gasteiger charge is -2.22. The molecular formula is C17H22ClN3O. The van der Waals surface area contributed by atoms with Crippen molar-refractivity contribution in [3.63, 3.8) is 0 Å². The third kappa shape index (κ3) is 3.35. The van der Waals surface area contributed by atoms with Crippen LogP contribution < -0.4 is 5.32 Å². The summed E-state index contributed by atoms with van der Waals surface area (Å²) in [6.07, 6.45) is 3.90. The topological polar surface area (TPSA) is 41.3 Å². The second-order valence-corrected chi connectivity index (χ2v) is 6.21. The van der Waals surface area contributed by atoms with Gasteiger partial charge in [-0.1, -0.05) is 35.5 Å². The molecule has 2 bridgehead atoms. The van der Waals surface area contributed by atoms with E-state index < -0.39 is 0 Å².